The molecule has 2 heterocycles. The smallest absolute Gasteiger partial charge is 0.224 e. The number of carbonyl (C=O) groups excluding carboxylic acids is 3. The number of ether oxygens (including phenoxy) is 3. The summed E-state index contributed by atoms with van der Waals surface area (Å²) in [6, 6.07) is 8.81. The minimum absolute atomic E-state index is 0.0250. The number of amides is 2. The number of benzene rings is 2. The number of hydrogen-bond donors (Lipinski definition) is 1. The van der Waals surface area contributed by atoms with Gasteiger partial charge in [0.15, 0.2) is 17.3 Å². The maximum atomic E-state index is 13.0. The van der Waals surface area contributed by atoms with E-state index in [-0.39, 0.29) is 42.7 Å². The minimum atomic E-state index is -0.708. The van der Waals surface area contributed by atoms with E-state index in [1.54, 1.807) is 17.0 Å². The molecule has 2 aromatic rings. The molecule has 1 N–H and O–H groups in total. The molecule has 1 fully saturated rings. The summed E-state index contributed by atoms with van der Waals surface area (Å²) in [5.74, 6) is 0.393. The number of nitrogens with one attached hydrogen (secondary N) is 1. The average molecular weight is 470 g/mol. The van der Waals surface area contributed by atoms with Crippen molar-refractivity contribution in [1.82, 2.24) is 4.90 Å². The number of carbonyl (C=O) groups is 3. The van der Waals surface area contributed by atoms with Crippen molar-refractivity contribution in [1.29, 1.82) is 0 Å². The van der Waals surface area contributed by atoms with Gasteiger partial charge in [0, 0.05) is 44.5 Å². The number of rotatable bonds is 6. The Hall–Kier alpha value is -3.62. The highest BCUT2D eigenvalue weighted by Gasteiger charge is 2.45. The Morgan fingerprint density at radius 3 is 2.41 bits per heavy atom. The second-order valence-corrected chi connectivity index (χ2v) is 8.50. The van der Waals surface area contributed by atoms with Crippen molar-refractivity contribution in [3.05, 3.63) is 47.8 Å². The second kappa shape index (κ2) is 9.70. The third-order valence-corrected chi connectivity index (χ3v) is 6.32. The maximum Gasteiger partial charge on any atom is 0.224 e. The fraction of sp³-hybridized carbons (Fsp3) is 0.400. The van der Waals surface area contributed by atoms with Crippen LogP contribution in [0.4, 0.5) is 10.1 Å². The standard InChI is InChI=1S/C25H27FN2O6/c1-32-20-8-7-18-19(29)15-25(34-23(18)24(20)33-2)11-13-28(14-12-25)22(31)10-9-21(30)27-17-5-3-16(26)4-6-17/h3-8H,9-15H2,1-2H3,(H,27,30). The van der Waals surface area contributed by atoms with Crippen molar-refractivity contribution < 1.29 is 33.0 Å². The highest BCUT2D eigenvalue weighted by molar-refractivity contribution is 6.01. The van der Waals surface area contributed by atoms with Crippen LogP contribution in [0.5, 0.6) is 17.2 Å². The molecule has 8 nitrogen and oxygen atoms in total. The zero-order valence-electron chi connectivity index (χ0n) is 19.2. The largest absolute Gasteiger partial charge is 0.493 e. The topological polar surface area (TPSA) is 94.2 Å². The lowest BCUT2D eigenvalue weighted by atomic mass is 9.82. The molecule has 34 heavy (non-hydrogen) atoms. The molecule has 4 rings (SSSR count). The molecular formula is C25H27FN2O6. The predicted octanol–water partition coefficient (Wildman–Crippen LogP) is 3.59. The molecule has 2 amide bonds. The van der Waals surface area contributed by atoms with Crippen molar-refractivity contribution in [2.24, 2.45) is 0 Å². The average Bonchev–Trinajstić information content (AvgIpc) is 2.83. The van der Waals surface area contributed by atoms with E-state index < -0.39 is 5.60 Å². The monoisotopic (exact) mass is 470 g/mol. The molecule has 0 radical (unpaired) electrons. The molecule has 2 aliphatic rings. The van der Waals surface area contributed by atoms with Crippen LogP contribution in [0.1, 0.15) is 42.5 Å². The van der Waals surface area contributed by atoms with E-state index in [1.165, 1.54) is 38.5 Å². The molecule has 1 saturated heterocycles. The first-order chi connectivity index (χ1) is 16.3. The van der Waals surface area contributed by atoms with Crippen LogP contribution in [0.15, 0.2) is 36.4 Å². The van der Waals surface area contributed by atoms with Crippen molar-refractivity contribution in [2.75, 3.05) is 32.6 Å². The molecule has 1 spiro atoms. The molecule has 9 heteroatoms. The number of nitrogens with zero attached hydrogens (tertiary/aromatic N) is 1. The van der Waals surface area contributed by atoms with Crippen LogP contribution in [0, 0.1) is 5.82 Å². The third-order valence-electron chi connectivity index (χ3n) is 6.32. The van der Waals surface area contributed by atoms with Gasteiger partial charge in [0.25, 0.3) is 0 Å². The molecule has 0 aromatic heterocycles. The van der Waals surface area contributed by atoms with Crippen LogP contribution in [0.3, 0.4) is 0 Å². The lowest BCUT2D eigenvalue weighted by molar-refractivity contribution is -0.136. The second-order valence-electron chi connectivity index (χ2n) is 8.50. The number of piperidine rings is 1. The molecule has 0 atom stereocenters. The van der Waals surface area contributed by atoms with Gasteiger partial charge in [0.2, 0.25) is 17.6 Å². The van der Waals surface area contributed by atoms with Crippen LogP contribution in [0.25, 0.3) is 0 Å². The van der Waals surface area contributed by atoms with E-state index in [4.69, 9.17) is 14.2 Å². The summed E-state index contributed by atoms with van der Waals surface area (Å²) in [5, 5.41) is 2.65. The van der Waals surface area contributed by atoms with Gasteiger partial charge in [0.1, 0.15) is 11.4 Å². The van der Waals surface area contributed by atoms with Crippen LogP contribution in [-0.4, -0.2) is 55.4 Å². The highest BCUT2D eigenvalue weighted by Crippen LogP contribution is 2.47. The summed E-state index contributed by atoms with van der Waals surface area (Å²) in [4.78, 5) is 39.4. The molecule has 2 aromatic carbocycles. The van der Waals surface area contributed by atoms with Gasteiger partial charge in [0.05, 0.1) is 26.2 Å². The molecular weight excluding hydrogens is 443 g/mol. The first-order valence-electron chi connectivity index (χ1n) is 11.1. The van der Waals surface area contributed by atoms with Crippen molar-refractivity contribution in [2.45, 2.75) is 37.7 Å². The SMILES string of the molecule is COc1ccc2c(c1OC)OC1(CCN(C(=O)CCC(=O)Nc3ccc(F)cc3)CC1)CC2=O. The minimum Gasteiger partial charge on any atom is -0.493 e. The van der Waals surface area contributed by atoms with Crippen molar-refractivity contribution in [3.63, 3.8) is 0 Å². The molecule has 180 valence electrons. The van der Waals surface area contributed by atoms with Crippen LogP contribution in [-0.2, 0) is 9.59 Å². The lowest BCUT2D eigenvalue weighted by Crippen LogP contribution is -2.52. The van der Waals surface area contributed by atoms with Gasteiger partial charge >= 0.3 is 0 Å². The number of hydrogen-bond acceptors (Lipinski definition) is 6. The summed E-state index contributed by atoms with van der Waals surface area (Å²) in [5.41, 5.74) is 0.236. The highest BCUT2D eigenvalue weighted by atomic mass is 19.1. The maximum absolute atomic E-state index is 13.0. The Morgan fingerprint density at radius 1 is 1.06 bits per heavy atom. The fourth-order valence-electron chi connectivity index (χ4n) is 4.44. The summed E-state index contributed by atoms with van der Waals surface area (Å²) in [6.45, 7) is 0.848. The number of ketones is 1. The Morgan fingerprint density at radius 2 is 1.76 bits per heavy atom. The Bertz CT molecular complexity index is 1090. The number of halogens is 1. The zero-order chi connectivity index (χ0) is 24.3. The van der Waals surface area contributed by atoms with Gasteiger partial charge in [-0.05, 0) is 36.4 Å². The predicted molar refractivity (Wildman–Crippen MR) is 122 cm³/mol. The Labute approximate surface area is 197 Å². The van der Waals surface area contributed by atoms with E-state index >= 15 is 0 Å². The number of methoxy groups -OCH3 is 2. The van der Waals surface area contributed by atoms with Crippen LogP contribution >= 0.6 is 0 Å². The number of likely N-dealkylation sites (tertiary alicyclic amines) is 1. The molecule has 0 aliphatic carbocycles. The lowest BCUT2D eigenvalue weighted by Gasteiger charge is -2.44. The van der Waals surface area contributed by atoms with Gasteiger partial charge in [-0.25, -0.2) is 4.39 Å². The quantitative estimate of drug-likeness (QED) is 0.694. The van der Waals surface area contributed by atoms with E-state index in [2.05, 4.69) is 5.32 Å². The summed E-state index contributed by atoms with van der Waals surface area (Å²) < 4.78 is 30.1. The zero-order valence-corrected chi connectivity index (χ0v) is 19.2. The summed E-state index contributed by atoms with van der Waals surface area (Å²) >= 11 is 0. The summed E-state index contributed by atoms with van der Waals surface area (Å²) in [7, 11) is 3.02. The van der Waals surface area contributed by atoms with Crippen LogP contribution in [0.2, 0.25) is 0 Å². The third kappa shape index (κ3) is 4.83. The number of anilines is 1. The molecule has 0 unspecified atom stereocenters. The van der Waals surface area contributed by atoms with E-state index in [1.807, 2.05) is 0 Å². The van der Waals surface area contributed by atoms with E-state index in [0.717, 1.165) is 0 Å². The molecule has 0 bridgehead atoms. The number of Topliss-reactive ketones (excluding diaryl/α,β-unsaturated/α-hetero) is 1. The van der Waals surface area contributed by atoms with Gasteiger partial charge in [-0.1, -0.05) is 0 Å². The molecule has 0 saturated carbocycles. The number of fused-ring (bicyclic) bond motifs is 1. The van der Waals surface area contributed by atoms with Gasteiger partial charge in [-0.15, -0.1) is 0 Å². The van der Waals surface area contributed by atoms with Gasteiger partial charge < -0.3 is 24.4 Å². The van der Waals surface area contributed by atoms with Crippen molar-refractivity contribution >= 4 is 23.3 Å². The van der Waals surface area contributed by atoms with E-state index in [9.17, 15) is 18.8 Å². The normalized spacial score (nSPS) is 16.4. The van der Waals surface area contributed by atoms with E-state index in [0.29, 0.717) is 54.4 Å². The first-order valence-corrected chi connectivity index (χ1v) is 11.1. The van der Waals surface area contributed by atoms with Crippen molar-refractivity contribution in [3.8, 4) is 17.2 Å². The fourth-order valence-corrected chi connectivity index (χ4v) is 4.44. The first kappa shape index (κ1) is 23.5. The Balaban J connectivity index is 1.34. The van der Waals surface area contributed by atoms with Gasteiger partial charge in [-0.3, -0.25) is 14.4 Å². The van der Waals surface area contributed by atoms with Gasteiger partial charge in [-0.2, -0.15) is 0 Å². The van der Waals surface area contributed by atoms with Crippen LogP contribution < -0.4 is 19.5 Å². The Kier molecular flexibility index (Phi) is 6.72. The molecule has 2 aliphatic heterocycles. The summed E-state index contributed by atoms with van der Waals surface area (Å²) in [6.07, 6.45) is 1.31.